The summed E-state index contributed by atoms with van der Waals surface area (Å²) < 4.78 is 0. The van der Waals surface area contributed by atoms with Gasteiger partial charge in [-0.2, -0.15) is 0 Å². The van der Waals surface area contributed by atoms with Crippen LogP contribution in [0.5, 0.6) is 0 Å². The third-order valence-corrected chi connectivity index (χ3v) is 3.68. The highest BCUT2D eigenvalue weighted by Crippen LogP contribution is 2.22. The molecule has 0 fully saturated rings. The van der Waals surface area contributed by atoms with Crippen molar-refractivity contribution in [3.05, 3.63) is 69.7 Å². The summed E-state index contributed by atoms with van der Waals surface area (Å²) in [5.74, 6) is 0. The SMILES string of the molecule is O[C@@H](C[NH2+]Cc1ccc(Cl)c(Cl)c1)c1ccccc1. The topological polar surface area (TPSA) is 36.8 Å². The van der Waals surface area contributed by atoms with Crippen LogP contribution in [0.15, 0.2) is 48.5 Å². The molecule has 4 heteroatoms. The maximum Gasteiger partial charge on any atom is 0.128 e. The highest BCUT2D eigenvalue weighted by atomic mass is 35.5. The lowest BCUT2D eigenvalue weighted by Gasteiger charge is -2.10. The van der Waals surface area contributed by atoms with E-state index in [1.54, 1.807) is 6.07 Å². The second-order valence-electron chi connectivity index (χ2n) is 4.40. The molecule has 0 aliphatic carbocycles. The van der Waals surface area contributed by atoms with E-state index in [0.717, 1.165) is 17.7 Å². The van der Waals surface area contributed by atoms with Crippen molar-refractivity contribution in [2.24, 2.45) is 0 Å². The molecule has 2 aromatic rings. The lowest BCUT2D eigenvalue weighted by Crippen LogP contribution is -2.83. The van der Waals surface area contributed by atoms with Crippen LogP contribution in [0.4, 0.5) is 0 Å². The zero-order chi connectivity index (χ0) is 13.7. The Balaban J connectivity index is 1.85. The van der Waals surface area contributed by atoms with E-state index in [-0.39, 0.29) is 0 Å². The van der Waals surface area contributed by atoms with E-state index >= 15 is 0 Å². The van der Waals surface area contributed by atoms with Gasteiger partial charge in [-0.3, -0.25) is 0 Å². The third-order valence-electron chi connectivity index (χ3n) is 2.94. The highest BCUT2D eigenvalue weighted by Gasteiger charge is 2.09. The molecular formula is C15H16Cl2NO+. The Morgan fingerprint density at radius 1 is 1.00 bits per heavy atom. The van der Waals surface area contributed by atoms with Crippen LogP contribution in [0.3, 0.4) is 0 Å². The fourth-order valence-electron chi connectivity index (χ4n) is 1.89. The van der Waals surface area contributed by atoms with Crippen molar-refractivity contribution in [2.75, 3.05) is 6.54 Å². The number of benzene rings is 2. The minimum atomic E-state index is -0.455. The van der Waals surface area contributed by atoms with Crippen LogP contribution >= 0.6 is 23.2 Å². The number of hydrogen-bond donors (Lipinski definition) is 2. The monoisotopic (exact) mass is 296 g/mol. The van der Waals surface area contributed by atoms with Gasteiger partial charge in [0.15, 0.2) is 0 Å². The van der Waals surface area contributed by atoms with Crippen LogP contribution in [-0.2, 0) is 6.54 Å². The second-order valence-corrected chi connectivity index (χ2v) is 5.22. The molecule has 0 saturated heterocycles. The molecule has 2 nitrogen and oxygen atoms in total. The highest BCUT2D eigenvalue weighted by molar-refractivity contribution is 6.42. The van der Waals surface area contributed by atoms with Crippen molar-refractivity contribution in [2.45, 2.75) is 12.6 Å². The Hall–Kier alpha value is -1.06. The van der Waals surface area contributed by atoms with Crippen molar-refractivity contribution in [3.8, 4) is 0 Å². The average Bonchev–Trinajstić information content (AvgIpc) is 2.43. The van der Waals surface area contributed by atoms with E-state index in [1.165, 1.54) is 0 Å². The van der Waals surface area contributed by atoms with Crippen LogP contribution in [-0.4, -0.2) is 11.7 Å². The van der Waals surface area contributed by atoms with Gasteiger partial charge in [-0.25, -0.2) is 0 Å². The quantitative estimate of drug-likeness (QED) is 0.875. The zero-order valence-electron chi connectivity index (χ0n) is 10.4. The van der Waals surface area contributed by atoms with Gasteiger partial charge < -0.3 is 10.4 Å². The predicted molar refractivity (Wildman–Crippen MR) is 78.4 cm³/mol. The summed E-state index contributed by atoms with van der Waals surface area (Å²) in [4.78, 5) is 0. The molecule has 2 aromatic carbocycles. The molecule has 0 bridgehead atoms. The Morgan fingerprint density at radius 2 is 1.74 bits per heavy atom. The average molecular weight is 297 g/mol. The predicted octanol–water partition coefficient (Wildman–Crippen LogP) is 2.79. The first-order chi connectivity index (χ1) is 9.16. The van der Waals surface area contributed by atoms with Crippen LogP contribution in [0.1, 0.15) is 17.2 Å². The molecule has 0 aromatic heterocycles. The summed E-state index contributed by atoms with van der Waals surface area (Å²) in [5, 5.41) is 13.2. The third kappa shape index (κ3) is 4.22. The molecule has 19 heavy (non-hydrogen) atoms. The Bertz CT molecular complexity index is 531. The summed E-state index contributed by atoms with van der Waals surface area (Å²) in [6.07, 6.45) is -0.455. The van der Waals surface area contributed by atoms with Crippen LogP contribution in [0.2, 0.25) is 10.0 Å². The summed E-state index contributed by atoms with van der Waals surface area (Å²) in [6, 6.07) is 15.2. The minimum absolute atomic E-state index is 0.455. The number of aliphatic hydroxyl groups is 1. The van der Waals surface area contributed by atoms with E-state index in [2.05, 4.69) is 5.32 Å². The van der Waals surface area contributed by atoms with Gasteiger partial charge in [-0.05, 0) is 17.7 Å². The number of halogens is 2. The minimum Gasteiger partial charge on any atom is -0.382 e. The normalized spacial score (nSPS) is 12.4. The molecule has 0 aliphatic rings. The first kappa shape index (κ1) is 14.4. The molecular weight excluding hydrogens is 281 g/mol. The first-order valence-electron chi connectivity index (χ1n) is 6.15. The lowest BCUT2D eigenvalue weighted by atomic mass is 10.1. The molecule has 2 rings (SSSR count). The molecule has 3 N–H and O–H groups in total. The largest absolute Gasteiger partial charge is 0.382 e. The zero-order valence-corrected chi connectivity index (χ0v) is 11.9. The number of quaternary nitrogens is 1. The molecule has 100 valence electrons. The number of rotatable bonds is 5. The molecule has 0 aliphatic heterocycles. The first-order valence-corrected chi connectivity index (χ1v) is 6.91. The van der Waals surface area contributed by atoms with Gasteiger partial charge in [0.1, 0.15) is 19.2 Å². The van der Waals surface area contributed by atoms with Gasteiger partial charge >= 0.3 is 0 Å². The van der Waals surface area contributed by atoms with Crippen LogP contribution in [0, 0.1) is 0 Å². The van der Waals surface area contributed by atoms with Crippen molar-refractivity contribution < 1.29 is 10.4 Å². The lowest BCUT2D eigenvalue weighted by molar-refractivity contribution is -0.677. The number of nitrogens with two attached hydrogens (primary N) is 1. The van der Waals surface area contributed by atoms with Crippen LogP contribution < -0.4 is 5.32 Å². The standard InChI is InChI=1S/C15H15Cl2NO/c16-13-7-6-11(8-14(13)17)9-18-10-15(19)12-4-2-1-3-5-12/h1-8,15,18-19H,9-10H2/p+1/t15-/m0/s1. The van der Waals surface area contributed by atoms with E-state index in [1.807, 2.05) is 42.5 Å². The summed E-state index contributed by atoms with van der Waals surface area (Å²) in [7, 11) is 0. The molecule has 0 heterocycles. The maximum absolute atomic E-state index is 10.0. The van der Waals surface area contributed by atoms with E-state index in [0.29, 0.717) is 16.6 Å². The number of aliphatic hydroxyl groups excluding tert-OH is 1. The van der Waals surface area contributed by atoms with E-state index in [9.17, 15) is 5.11 Å². The van der Waals surface area contributed by atoms with Crippen molar-refractivity contribution in [1.82, 2.24) is 0 Å². The molecule has 0 unspecified atom stereocenters. The Labute approximate surface area is 123 Å². The van der Waals surface area contributed by atoms with Crippen molar-refractivity contribution >= 4 is 23.2 Å². The van der Waals surface area contributed by atoms with E-state index in [4.69, 9.17) is 23.2 Å². The van der Waals surface area contributed by atoms with Crippen molar-refractivity contribution in [3.63, 3.8) is 0 Å². The van der Waals surface area contributed by atoms with Crippen LogP contribution in [0.25, 0.3) is 0 Å². The van der Waals surface area contributed by atoms with Gasteiger partial charge in [0.25, 0.3) is 0 Å². The molecule has 0 spiro atoms. The Kier molecular flexibility index (Phi) is 5.23. The van der Waals surface area contributed by atoms with Gasteiger partial charge in [0.05, 0.1) is 10.0 Å². The van der Waals surface area contributed by atoms with Gasteiger partial charge in [-0.15, -0.1) is 0 Å². The smallest absolute Gasteiger partial charge is 0.128 e. The number of hydrogen-bond acceptors (Lipinski definition) is 1. The van der Waals surface area contributed by atoms with Gasteiger partial charge in [0.2, 0.25) is 0 Å². The summed E-state index contributed by atoms with van der Waals surface area (Å²) >= 11 is 11.8. The maximum atomic E-state index is 10.0. The molecule has 0 amide bonds. The molecule has 1 atom stereocenters. The summed E-state index contributed by atoms with van der Waals surface area (Å²) in [6.45, 7) is 1.38. The fraction of sp³-hybridized carbons (Fsp3) is 0.200. The second kappa shape index (κ2) is 6.92. The molecule has 0 radical (unpaired) electrons. The van der Waals surface area contributed by atoms with Gasteiger partial charge in [0, 0.05) is 5.56 Å². The molecule has 0 saturated carbocycles. The van der Waals surface area contributed by atoms with Crippen molar-refractivity contribution in [1.29, 1.82) is 0 Å². The van der Waals surface area contributed by atoms with E-state index < -0.39 is 6.10 Å². The Morgan fingerprint density at radius 3 is 2.42 bits per heavy atom. The fourth-order valence-corrected chi connectivity index (χ4v) is 2.21. The van der Waals surface area contributed by atoms with Gasteiger partial charge in [-0.1, -0.05) is 59.6 Å². The summed E-state index contributed by atoms with van der Waals surface area (Å²) in [5.41, 5.74) is 2.03.